The Morgan fingerprint density at radius 1 is 1.38 bits per heavy atom. The summed E-state index contributed by atoms with van der Waals surface area (Å²) < 4.78 is 0. The lowest BCUT2D eigenvalue weighted by Crippen LogP contribution is -2.17. The molecule has 0 saturated carbocycles. The van der Waals surface area contributed by atoms with Crippen LogP contribution in [0.5, 0.6) is 0 Å². The number of thiazole rings is 1. The van der Waals surface area contributed by atoms with E-state index in [-0.39, 0.29) is 0 Å². The molecule has 0 amide bonds. The van der Waals surface area contributed by atoms with Gasteiger partial charge in [-0.2, -0.15) is 0 Å². The van der Waals surface area contributed by atoms with E-state index in [4.69, 9.17) is 0 Å². The third kappa shape index (κ3) is 4.13. The summed E-state index contributed by atoms with van der Waals surface area (Å²) in [5, 5.41) is 7.37. The molecule has 0 spiro atoms. The molecule has 0 aliphatic carbocycles. The fourth-order valence-electron chi connectivity index (χ4n) is 1.81. The normalized spacial score (nSPS) is 11.3. The number of aromatic nitrogens is 2. The number of pyridine rings is 1. The lowest BCUT2D eigenvalue weighted by Gasteiger charge is -2.06. The quantitative estimate of drug-likeness (QED) is 0.489. The van der Waals surface area contributed by atoms with Crippen molar-refractivity contribution in [2.45, 2.75) is 20.8 Å². The highest BCUT2D eigenvalue weighted by atomic mass is 32.1. The number of aliphatic imine (C=N–C) groups is 1. The Balaban J connectivity index is 1.94. The van der Waals surface area contributed by atoms with Gasteiger partial charge in [0.25, 0.3) is 0 Å². The Morgan fingerprint density at radius 2 is 2.19 bits per heavy atom. The van der Waals surface area contributed by atoms with Crippen molar-refractivity contribution in [2.75, 3.05) is 12.0 Å². The second kappa shape index (κ2) is 6.99. The van der Waals surface area contributed by atoms with E-state index in [0.717, 1.165) is 32.7 Å². The Kier molecular flexibility index (Phi) is 5.05. The van der Waals surface area contributed by atoms with Gasteiger partial charge in [0.1, 0.15) is 5.82 Å². The van der Waals surface area contributed by atoms with E-state index in [9.17, 15) is 0 Å². The molecule has 2 rings (SSSR count). The molecule has 21 heavy (non-hydrogen) atoms. The molecule has 0 bridgehead atoms. The number of rotatable bonds is 6. The second-order valence-electron chi connectivity index (χ2n) is 4.61. The van der Waals surface area contributed by atoms with E-state index in [2.05, 4.69) is 32.3 Å². The minimum atomic E-state index is 0.561. The Labute approximate surface area is 128 Å². The van der Waals surface area contributed by atoms with Crippen LogP contribution >= 0.6 is 11.3 Å². The molecule has 2 N–H and O–H groups in total. The summed E-state index contributed by atoms with van der Waals surface area (Å²) in [4.78, 5) is 13.8. The second-order valence-corrected chi connectivity index (χ2v) is 5.82. The number of nitrogens with zero attached hydrogens (tertiary/aromatic N) is 3. The molecule has 0 radical (unpaired) electrons. The molecule has 2 aromatic rings. The minimum absolute atomic E-state index is 0.561. The van der Waals surface area contributed by atoms with Gasteiger partial charge in [-0.05, 0) is 39.1 Å². The van der Waals surface area contributed by atoms with Crippen molar-refractivity contribution in [3.8, 4) is 0 Å². The van der Waals surface area contributed by atoms with E-state index in [0.29, 0.717) is 6.67 Å². The van der Waals surface area contributed by atoms with Gasteiger partial charge in [0.2, 0.25) is 0 Å². The molecule has 0 aromatic carbocycles. The molecular weight excluding hydrogens is 282 g/mol. The molecule has 0 aliphatic rings. The molecular formula is C15H19N5S. The van der Waals surface area contributed by atoms with Crippen molar-refractivity contribution >= 4 is 29.6 Å². The zero-order valence-corrected chi connectivity index (χ0v) is 13.3. The van der Waals surface area contributed by atoms with Crippen molar-refractivity contribution in [1.29, 1.82) is 0 Å². The van der Waals surface area contributed by atoms with Crippen LogP contribution in [0, 0.1) is 20.8 Å². The first kappa shape index (κ1) is 15.2. The van der Waals surface area contributed by atoms with Crippen LogP contribution in [0.1, 0.15) is 21.1 Å². The van der Waals surface area contributed by atoms with Crippen LogP contribution < -0.4 is 10.6 Å². The minimum Gasteiger partial charge on any atom is -0.372 e. The van der Waals surface area contributed by atoms with Gasteiger partial charge in [-0.1, -0.05) is 6.07 Å². The molecule has 6 heteroatoms. The van der Waals surface area contributed by atoms with Crippen molar-refractivity contribution in [3.05, 3.63) is 45.7 Å². The molecule has 0 aliphatic heterocycles. The zero-order chi connectivity index (χ0) is 15.2. The summed E-state index contributed by atoms with van der Waals surface area (Å²) in [7, 11) is 0. The molecule has 5 nitrogen and oxygen atoms in total. The third-order valence-corrected chi connectivity index (χ3v) is 3.92. The maximum atomic E-state index is 4.40. The van der Waals surface area contributed by atoms with E-state index >= 15 is 0 Å². The van der Waals surface area contributed by atoms with E-state index in [1.807, 2.05) is 45.3 Å². The number of nitrogens with one attached hydrogen (secondary N) is 2. The highest BCUT2D eigenvalue weighted by Gasteiger charge is 2.08. The lowest BCUT2D eigenvalue weighted by molar-refractivity contribution is 0.922. The largest absolute Gasteiger partial charge is 0.372 e. The van der Waals surface area contributed by atoms with Crippen LogP contribution in [0.25, 0.3) is 5.70 Å². The SMILES string of the molecule is C=N/C(=C\NCNc1ccc(C)cn1)c1sc(C)nc1C. The summed E-state index contributed by atoms with van der Waals surface area (Å²) in [5.41, 5.74) is 2.92. The van der Waals surface area contributed by atoms with E-state index < -0.39 is 0 Å². The first-order chi connectivity index (χ1) is 10.1. The van der Waals surface area contributed by atoms with Gasteiger partial charge in [-0.15, -0.1) is 11.3 Å². The highest BCUT2D eigenvalue weighted by Crippen LogP contribution is 2.25. The molecule has 2 heterocycles. The van der Waals surface area contributed by atoms with Crippen molar-refractivity contribution in [2.24, 2.45) is 4.99 Å². The van der Waals surface area contributed by atoms with Crippen LogP contribution in [0.4, 0.5) is 5.82 Å². The summed E-state index contributed by atoms with van der Waals surface area (Å²) >= 11 is 1.62. The molecule has 2 aromatic heterocycles. The number of anilines is 1. The van der Waals surface area contributed by atoms with E-state index in [1.165, 1.54) is 0 Å². The number of hydrogen-bond donors (Lipinski definition) is 2. The van der Waals surface area contributed by atoms with Gasteiger partial charge in [-0.25, -0.2) is 9.97 Å². The number of hydrogen-bond acceptors (Lipinski definition) is 6. The predicted octanol–water partition coefficient (Wildman–Crippen LogP) is 3.12. The van der Waals surface area contributed by atoms with Gasteiger partial charge in [0.15, 0.2) is 0 Å². The van der Waals surface area contributed by atoms with Crippen LogP contribution in [-0.2, 0) is 0 Å². The maximum Gasteiger partial charge on any atom is 0.127 e. The maximum absolute atomic E-state index is 4.40. The van der Waals surface area contributed by atoms with Crippen LogP contribution in [0.3, 0.4) is 0 Å². The highest BCUT2D eigenvalue weighted by molar-refractivity contribution is 7.12. The first-order valence-corrected chi connectivity index (χ1v) is 7.43. The Morgan fingerprint density at radius 3 is 2.76 bits per heavy atom. The lowest BCUT2D eigenvalue weighted by atomic mass is 10.3. The fourth-order valence-corrected chi connectivity index (χ4v) is 2.71. The van der Waals surface area contributed by atoms with E-state index in [1.54, 1.807) is 11.3 Å². The predicted molar refractivity (Wildman–Crippen MR) is 89.7 cm³/mol. The monoisotopic (exact) mass is 301 g/mol. The smallest absolute Gasteiger partial charge is 0.127 e. The topological polar surface area (TPSA) is 62.2 Å². The summed E-state index contributed by atoms with van der Waals surface area (Å²) in [6.45, 7) is 10.2. The molecule has 0 atom stereocenters. The van der Waals surface area contributed by atoms with Crippen molar-refractivity contribution in [1.82, 2.24) is 15.3 Å². The Hall–Kier alpha value is -2.21. The zero-order valence-electron chi connectivity index (χ0n) is 12.5. The molecule has 0 saturated heterocycles. The summed E-state index contributed by atoms with van der Waals surface area (Å²) in [6, 6.07) is 3.97. The van der Waals surface area contributed by atoms with Gasteiger partial charge >= 0.3 is 0 Å². The van der Waals surface area contributed by atoms with Gasteiger partial charge in [0, 0.05) is 12.4 Å². The Bertz CT molecular complexity index is 643. The van der Waals surface area contributed by atoms with Crippen molar-refractivity contribution < 1.29 is 0 Å². The van der Waals surface area contributed by atoms with Crippen LogP contribution in [-0.4, -0.2) is 23.4 Å². The van der Waals surface area contributed by atoms with Gasteiger partial charge < -0.3 is 10.6 Å². The standard InChI is InChI=1S/C15H19N5S/c1-10-5-6-14(18-7-10)19-9-17-8-13(16-4)15-11(2)20-12(3)21-15/h5-8,17H,4,9H2,1-3H3,(H,18,19)/b13-8-. The van der Waals surface area contributed by atoms with Crippen molar-refractivity contribution in [3.63, 3.8) is 0 Å². The molecule has 0 fully saturated rings. The summed E-state index contributed by atoms with van der Waals surface area (Å²) in [5.74, 6) is 0.833. The fraction of sp³-hybridized carbons (Fsp3) is 0.267. The van der Waals surface area contributed by atoms with Crippen LogP contribution in [0.15, 0.2) is 29.5 Å². The first-order valence-electron chi connectivity index (χ1n) is 6.61. The van der Waals surface area contributed by atoms with Gasteiger partial charge in [-0.3, -0.25) is 4.99 Å². The van der Waals surface area contributed by atoms with Crippen LogP contribution in [0.2, 0.25) is 0 Å². The third-order valence-electron chi connectivity index (χ3n) is 2.83. The summed E-state index contributed by atoms with van der Waals surface area (Å²) in [6.07, 6.45) is 3.67. The van der Waals surface area contributed by atoms with Gasteiger partial charge in [0.05, 0.1) is 27.9 Å². The average Bonchev–Trinajstić information content (AvgIpc) is 2.80. The average molecular weight is 301 g/mol. The number of aryl methyl sites for hydroxylation is 3. The molecule has 0 unspecified atom stereocenters. The molecule has 110 valence electrons.